The van der Waals surface area contributed by atoms with Crippen molar-refractivity contribution in [3.05, 3.63) is 53.7 Å². The van der Waals surface area contributed by atoms with Crippen LogP contribution in [-0.2, 0) is 0 Å². The van der Waals surface area contributed by atoms with Gasteiger partial charge in [-0.05, 0) is 23.6 Å². The molecular formula is C16H11ClN2O2. The highest BCUT2D eigenvalue weighted by molar-refractivity contribution is 6.30. The molecule has 0 atom stereocenters. The fourth-order valence-corrected chi connectivity index (χ4v) is 2.57. The fourth-order valence-electron chi connectivity index (χ4n) is 2.37. The maximum absolute atomic E-state index is 6.09. The number of benzene rings is 2. The van der Waals surface area contributed by atoms with E-state index in [1.807, 2.05) is 48.5 Å². The average molecular weight is 299 g/mol. The first-order chi connectivity index (χ1) is 10.3. The number of rotatable bonds is 2. The first-order valence-electron chi connectivity index (χ1n) is 6.51. The van der Waals surface area contributed by atoms with Crippen molar-refractivity contribution in [2.75, 3.05) is 12.1 Å². The topological polar surface area (TPSA) is 43.4 Å². The molecule has 0 spiro atoms. The summed E-state index contributed by atoms with van der Waals surface area (Å²) in [5.74, 6) is 2.20. The van der Waals surface area contributed by atoms with Crippen molar-refractivity contribution in [3.63, 3.8) is 0 Å². The third-order valence-corrected chi connectivity index (χ3v) is 3.54. The van der Waals surface area contributed by atoms with Crippen molar-refractivity contribution >= 4 is 33.9 Å². The van der Waals surface area contributed by atoms with Crippen molar-refractivity contribution < 1.29 is 9.47 Å². The zero-order valence-corrected chi connectivity index (χ0v) is 11.7. The van der Waals surface area contributed by atoms with Crippen molar-refractivity contribution in [2.24, 2.45) is 0 Å². The molecular weight excluding hydrogens is 288 g/mol. The fraction of sp³-hybridized carbons (Fsp3) is 0.0625. The Morgan fingerprint density at radius 2 is 1.86 bits per heavy atom. The Balaban J connectivity index is 1.77. The van der Waals surface area contributed by atoms with Crippen LogP contribution in [0.5, 0.6) is 11.5 Å². The molecule has 1 aliphatic rings. The van der Waals surface area contributed by atoms with E-state index in [-0.39, 0.29) is 6.79 Å². The minimum atomic E-state index is 0.261. The quantitative estimate of drug-likeness (QED) is 0.714. The van der Waals surface area contributed by atoms with Crippen LogP contribution in [0.4, 0.5) is 11.5 Å². The molecule has 104 valence electrons. The van der Waals surface area contributed by atoms with Crippen LogP contribution in [0, 0.1) is 0 Å². The molecule has 0 radical (unpaired) electrons. The maximum atomic E-state index is 6.09. The SMILES string of the molecule is Clc1cc2ccccc2c(Nc2ccc3c(c2)OCO3)n1. The first kappa shape index (κ1) is 12.3. The number of pyridine rings is 1. The number of nitrogens with zero attached hydrogens (tertiary/aromatic N) is 1. The third-order valence-electron chi connectivity index (χ3n) is 3.34. The van der Waals surface area contributed by atoms with Gasteiger partial charge in [-0.15, -0.1) is 0 Å². The summed E-state index contributed by atoms with van der Waals surface area (Å²) in [5, 5.41) is 5.80. The normalized spacial score (nSPS) is 12.6. The van der Waals surface area contributed by atoms with Gasteiger partial charge in [0, 0.05) is 17.1 Å². The number of hydrogen-bond acceptors (Lipinski definition) is 4. The molecule has 0 bridgehead atoms. The molecule has 5 heteroatoms. The van der Waals surface area contributed by atoms with Gasteiger partial charge in [0.05, 0.1) is 0 Å². The highest BCUT2D eigenvalue weighted by Crippen LogP contribution is 2.36. The van der Waals surface area contributed by atoms with Gasteiger partial charge in [-0.3, -0.25) is 0 Å². The van der Waals surface area contributed by atoms with Crippen LogP contribution in [0.15, 0.2) is 48.5 Å². The Labute approximate surface area is 126 Å². The van der Waals surface area contributed by atoms with Crippen LogP contribution < -0.4 is 14.8 Å². The number of halogens is 1. The van der Waals surface area contributed by atoms with Crippen molar-refractivity contribution in [3.8, 4) is 11.5 Å². The second kappa shape index (κ2) is 4.82. The molecule has 2 aromatic carbocycles. The average Bonchev–Trinajstić information content (AvgIpc) is 2.94. The molecule has 0 saturated heterocycles. The number of fused-ring (bicyclic) bond motifs is 2. The minimum Gasteiger partial charge on any atom is -0.454 e. The van der Waals surface area contributed by atoms with Gasteiger partial charge in [0.1, 0.15) is 11.0 Å². The molecule has 0 fully saturated rings. The first-order valence-corrected chi connectivity index (χ1v) is 6.89. The lowest BCUT2D eigenvalue weighted by molar-refractivity contribution is 0.174. The van der Waals surface area contributed by atoms with Gasteiger partial charge in [0.2, 0.25) is 6.79 Å². The van der Waals surface area contributed by atoms with E-state index in [9.17, 15) is 0 Å². The van der Waals surface area contributed by atoms with Gasteiger partial charge < -0.3 is 14.8 Å². The number of ether oxygens (including phenoxy) is 2. The van der Waals surface area contributed by atoms with E-state index in [4.69, 9.17) is 21.1 Å². The predicted octanol–water partition coefficient (Wildman–Crippen LogP) is 4.36. The lowest BCUT2D eigenvalue weighted by Crippen LogP contribution is -1.95. The zero-order valence-electron chi connectivity index (χ0n) is 11.0. The van der Waals surface area contributed by atoms with E-state index in [2.05, 4.69) is 10.3 Å². The minimum absolute atomic E-state index is 0.261. The van der Waals surface area contributed by atoms with Crippen molar-refractivity contribution in [2.45, 2.75) is 0 Å². The Morgan fingerprint density at radius 1 is 1.00 bits per heavy atom. The standard InChI is InChI=1S/C16H11ClN2O2/c17-15-7-10-3-1-2-4-12(10)16(19-15)18-11-5-6-13-14(8-11)21-9-20-13/h1-8H,9H2,(H,18,19). The summed E-state index contributed by atoms with van der Waals surface area (Å²) in [6.07, 6.45) is 0. The number of hydrogen-bond donors (Lipinski definition) is 1. The maximum Gasteiger partial charge on any atom is 0.231 e. The van der Waals surface area contributed by atoms with Gasteiger partial charge in [0.25, 0.3) is 0 Å². The lowest BCUT2D eigenvalue weighted by atomic mass is 10.1. The van der Waals surface area contributed by atoms with Gasteiger partial charge in [-0.25, -0.2) is 4.98 Å². The molecule has 21 heavy (non-hydrogen) atoms. The van der Waals surface area contributed by atoms with E-state index in [1.165, 1.54) is 0 Å². The Hall–Kier alpha value is -2.46. The molecule has 4 nitrogen and oxygen atoms in total. The number of anilines is 2. The molecule has 0 amide bonds. The zero-order chi connectivity index (χ0) is 14.2. The van der Waals surface area contributed by atoms with E-state index >= 15 is 0 Å². The molecule has 2 heterocycles. The molecule has 0 aliphatic carbocycles. The van der Waals surface area contributed by atoms with Crippen LogP contribution in [0.2, 0.25) is 5.15 Å². The summed E-state index contributed by atoms with van der Waals surface area (Å²) in [5.41, 5.74) is 0.874. The Bertz CT molecular complexity index is 836. The molecule has 1 aromatic heterocycles. The van der Waals surface area contributed by atoms with Crippen molar-refractivity contribution in [1.29, 1.82) is 0 Å². The van der Waals surface area contributed by atoms with Gasteiger partial charge in [0.15, 0.2) is 11.5 Å². The smallest absolute Gasteiger partial charge is 0.231 e. The summed E-state index contributed by atoms with van der Waals surface area (Å²) in [7, 11) is 0. The van der Waals surface area contributed by atoms with Crippen LogP contribution in [-0.4, -0.2) is 11.8 Å². The van der Waals surface area contributed by atoms with Gasteiger partial charge >= 0.3 is 0 Å². The predicted molar refractivity (Wildman–Crippen MR) is 82.6 cm³/mol. The summed E-state index contributed by atoms with van der Waals surface area (Å²) < 4.78 is 10.7. The van der Waals surface area contributed by atoms with Crippen LogP contribution in [0.1, 0.15) is 0 Å². The van der Waals surface area contributed by atoms with Crippen LogP contribution in [0.25, 0.3) is 10.8 Å². The largest absolute Gasteiger partial charge is 0.454 e. The molecule has 3 aromatic rings. The summed E-state index contributed by atoms with van der Waals surface area (Å²) in [6, 6.07) is 15.5. The number of aromatic nitrogens is 1. The Kier molecular flexibility index (Phi) is 2.82. The summed E-state index contributed by atoms with van der Waals surface area (Å²) in [4.78, 5) is 4.37. The molecule has 0 unspecified atom stereocenters. The second-order valence-corrected chi connectivity index (χ2v) is 5.10. The summed E-state index contributed by atoms with van der Waals surface area (Å²) in [6.45, 7) is 0.261. The molecule has 4 rings (SSSR count). The van der Waals surface area contributed by atoms with E-state index in [0.29, 0.717) is 5.15 Å². The van der Waals surface area contributed by atoms with Gasteiger partial charge in [-0.2, -0.15) is 0 Å². The lowest BCUT2D eigenvalue weighted by Gasteiger charge is -2.10. The highest BCUT2D eigenvalue weighted by atomic mass is 35.5. The number of nitrogens with one attached hydrogen (secondary N) is 1. The molecule has 1 N–H and O–H groups in total. The Morgan fingerprint density at radius 3 is 2.81 bits per heavy atom. The van der Waals surface area contributed by atoms with Crippen molar-refractivity contribution in [1.82, 2.24) is 4.98 Å². The third kappa shape index (κ3) is 2.23. The summed E-state index contributed by atoms with van der Waals surface area (Å²) >= 11 is 6.09. The highest BCUT2D eigenvalue weighted by Gasteiger charge is 2.14. The van der Waals surface area contributed by atoms with E-state index in [1.54, 1.807) is 0 Å². The van der Waals surface area contributed by atoms with Crippen LogP contribution in [0.3, 0.4) is 0 Å². The molecule has 1 aliphatic heterocycles. The van der Waals surface area contributed by atoms with Gasteiger partial charge in [-0.1, -0.05) is 35.9 Å². The van der Waals surface area contributed by atoms with E-state index in [0.717, 1.165) is 33.8 Å². The monoisotopic (exact) mass is 298 g/mol. The van der Waals surface area contributed by atoms with E-state index < -0.39 is 0 Å². The van der Waals surface area contributed by atoms with Crippen LogP contribution >= 0.6 is 11.6 Å². The molecule has 0 saturated carbocycles. The second-order valence-electron chi connectivity index (χ2n) is 4.71.